The summed E-state index contributed by atoms with van der Waals surface area (Å²) in [6.45, 7) is 0. The van der Waals surface area contributed by atoms with Gasteiger partial charge in [0.05, 0.1) is 26.1 Å². The minimum Gasteiger partial charge on any atom is -0.744 e. The third-order valence-corrected chi connectivity index (χ3v) is 10.3. The van der Waals surface area contributed by atoms with Crippen molar-refractivity contribution >= 4 is 70.1 Å². The molecule has 0 spiro atoms. The van der Waals surface area contributed by atoms with Crippen LogP contribution in [-0.4, -0.2) is 44.6 Å². The fraction of sp³-hybridized carbons (Fsp3) is 0. The summed E-state index contributed by atoms with van der Waals surface area (Å²) in [6.07, 6.45) is 7.38. The third-order valence-electron chi connectivity index (χ3n) is 7.75. The van der Waals surface area contributed by atoms with Gasteiger partial charge in [-0.3, -0.25) is 0 Å². The van der Waals surface area contributed by atoms with Crippen LogP contribution in [0.5, 0.6) is 0 Å². The molecule has 1 aliphatic rings. The van der Waals surface area contributed by atoms with Crippen molar-refractivity contribution in [1.29, 1.82) is 0 Å². The van der Waals surface area contributed by atoms with Crippen LogP contribution >= 0.6 is 0 Å². The first-order valence-electron chi connectivity index (χ1n) is 15.2. The maximum Gasteiger partial charge on any atom is 1.00 e. The van der Waals surface area contributed by atoms with Crippen LogP contribution in [0.1, 0.15) is 11.1 Å². The maximum absolute atomic E-state index is 11.3. The van der Waals surface area contributed by atoms with Gasteiger partial charge in [0.15, 0.2) is 0 Å². The van der Waals surface area contributed by atoms with E-state index in [-0.39, 0.29) is 73.8 Å². The van der Waals surface area contributed by atoms with Gasteiger partial charge in [0.25, 0.3) is 0 Å². The van der Waals surface area contributed by atoms with Crippen molar-refractivity contribution in [3.05, 3.63) is 162 Å². The van der Waals surface area contributed by atoms with Crippen molar-refractivity contribution in [1.82, 2.24) is 0 Å². The quantitative estimate of drug-likeness (QED) is 0.148. The molecule has 0 saturated heterocycles. The Balaban J connectivity index is 0.00000325. The molecule has 12 nitrogen and oxygen atoms in total. The average molecular weight is 799 g/mol. The van der Waals surface area contributed by atoms with Crippen LogP contribution in [0.2, 0.25) is 0 Å². The van der Waals surface area contributed by atoms with Gasteiger partial charge in [0.2, 0.25) is 0 Å². The molecular formula is C37H26N3Na2O9S3-. The Labute approximate surface area is 357 Å². The van der Waals surface area contributed by atoms with Crippen LogP contribution in [-0.2, 0) is 30.4 Å². The van der Waals surface area contributed by atoms with Gasteiger partial charge in [-0.15, -0.1) is 0 Å². The number of aliphatic imine (C=N–C) groups is 1. The van der Waals surface area contributed by atoms with Crippen LogP contribution in [0.3, 0.4) is 0 Å². The van der Waals surface area contributed by atoms with Gasteiger partial charge < -0.3 is 24.3 Å². The first-order valence-corrected chi connectivity index (χ1v) is 19.5. The van der Waals surface area contributed by atoms with Crippen LogP contribution in [0.25, 0.3) is 5.57 Å². The molecule has 54 heavy (non-hydrogen) atoms. The first-order chi connectivity index (χ1) is 24.6. The third kappa shape index (κ3) is 11.2. The molecule has 0 aromatic heterocycles. The van der Waals surface area contributed by atoms with E-state index >= 15 is 0 Å². The van der Waals surface area contributed by atoms with E-state index in [2.05, 4.69) is 15.6 Å². The molecule has 0 unspecified atom stereocenters. The topological polar surface area (TPSA) is 208 Å². The van der Waals surface area contributed by atoms with E-state index < -0.39 is 30.4 Å². The Bertz CT molecular complexity index is 2450. The molecule has 0 radical (unpaired) electrons. The number of nitrogens with zero attached hydrogens (tertiary/aromatic N) is 1. The molecule has 5 aromatic carbocycles. The summed E-state index contributed by atoms with van der Waals surface area (Å²) >= 11 is 0. The molecule has 0 aliphatic heterocycles. The molecule has 1 aliphatic carbocycles. The minimum atomic E-state index is -4.57. The average Bonchev–Trinajstić information content (AvgIpc) is 3.10. The largest absolute Gasteiger partial charge is 1.00 e. The van der Waals surface area contributed by atoms with E-state index in [1.54, 1.807) is 12.2 Å². The fourth-order valence-electron chi connectivity index (χ4n) is 5.22. The van der Waals surface area contributed by atoms with E-state index in [1.807, 2.05) is 60.7 Å². The summed E-state index contributed by atoms with van der Waals surface area (Å²) < 4.78 is 101. The number of anilines is 4. The normalized spacial score (nSPS) is 12.6. The van der Waals surface area contributed by atoms with E-state index in [0.717, 1.165) is 22.3 Å². The molecule has 0 atom stereocenters. The van der Waals surface area contributed by atoms with Crippen molar-refractivity contribution in [2.45, 2.75) is 14.7 Å². The zero-order valence-corrected chi connectivity index (χ0v) is 35.2. The van der Waals surface area contributed by atoms with Crippen molar-refractivity contribution < 1.29 is 98.0 Å². The van der Waals surface area contributed by atoms with E-state index in [0.29, 0.717) is 34.1 Å². The molecule has 264 valence electrons. The smallest absolute Gasteiger partial charge is 0.744 e. The van der Waals surface area contributed by atoms with Crippen molar-refractivity contribution in [2.24, 2.45) is 4.99 Å². The standard InChI is InChI=1S/C37H29N3O9S3.2Na/c41-50(42,43)34-19-13-31(14-20-34)38-28-7-1-25(2-8-28)37(26-3-9-29(10-4-26)39-32-15-21-35(22-16-32)51(44,45)46)27-5-11-30(12-6-27)40-33-17-23-36(24-18-33)52(47,48)49;;/h1-24,38-39H,(H,41,42,43)(H,44,45,46)(H,47,48,49);;/q;2*+1/p-3. The second kappa shape index (κ2) is 17.8. The summed E-state index contributed by atoms with van der Waals surface area (Å²) in [7, 11) is -13.7. The minimum absolute atomic E-state index is 0. The molecule has 5 aromatic rings. The van der Waals surface area contributed by atoms with Gasteiger partial charge in [-0.1, -0.05) is 36.4 Å². The number of hydrogen-bond acceptors (Lipinski definition) is 12. The molecule has 17 heteroatoms. The number of benzene rings is 5. The number of allylic oxidation sites excluding steroid dienone is 5. The van der Waals surface area contributed by atoms with Gasteiger partial charge >= 0.3 is 59.1 Å². The number of rotatable bonds is 10. The Morgan fingerprint density at radius 2 is 0.722 bits per heavy atom. The van der Waals surface area contributed by atoms with Gasteiger partial charge in [0, 0.05) is 22.7 Å². The van der Waals surface area contributed by atoms with Crippen LogP contribution in [0.15, 0.2) is 171 Å². The maximum atomic E-state index is 11.3. The fourth-order valence-corrected chi connectivity index (χ4v) is 6.63. The Hall–Kier alpha value is -3.68. The molecule has 6 rings (SSSR count). The monoisotopic (exact) mass is 798 g/mol. The molecule has 0 saturated carbocycles. The Morgan fingerprint density at radius 1 is 0.426 bits per heavy atom. The van der Waals surface area contributed by atoms with Gasteiger partial charge in [-0.25, -0.2) is 30.2 Å². The second-order valence-corrected chi connectivity index (χ2v) is 15.5. The van der Waals surface area contributed by atoms with Crippen LogP contribution < -0.4 is 69.7 Å². The molecule has 0 fully saturated rings. The summed E-state index contributed by atoms with van der Waals surface area (Å²) in [6, 6.07) is 31.3. The molecule has 2 N–H and O–H groups in total. The van der Waals surface area contributed by atoms with E-state index in [4.69, 9.17) is 0 Å². The Kier molecular flexibility index (Phi) is 14.2. The SMILES string of the molecule is O=S(=O)([O-])c1ccc(N=C2C=CC(=C(c3ccc(Nc4ccc(S(=O)(=O)[O-])cc4)cc3)c3ccc(Nc4ccc(S(=O)(=O)[O-])cc4)cc3)C=C2)cc1.[Na+].[Na+]. The van der Waals surface area contributed by atoms with Crippen LogP contribution in [0.4, 0.5) is 28.4 Å². The van der Waals surface area contributed by atoms with Gasteiger partial charge in [0.1, 0.15) is 30.4 Å². The first kappa shape index (κ1) is 43.1. The second-order valence-electron chi connectivity index (χ2n) is 11.3. The molecular weight excluding hydrogens is 773 g/mol. The summed E-state index contributed by atoms with van der Waals surface area (Å²) in [5.41, 5.74) is 7.06. The van der Waals surface area contributed by atoms with Crippen molar-refractivity contribution in [2.75, 3.05) is 10.6 Å². The van der Waals surface area contributed by atoms with E-state index in [9.17, 15) is 38.9 Å². The number of hydrogen-bond donors (Lipinski definition) is 2. The van der Waals surface area contributed by atoms with Gasteiger partial charge in [-0.05, 0) is 131 Å². The molecule has 0 bridgehead atoms. The van der Waals surface area contributed by atoms with E-state index in [1.165, 1.54) is 72.8 Å². The van der Waals surface area contributed by atoms with Crippen molar-refractivity contribution in [3.63, 3.8) is 0 Å². The Morgan fingerprint density at radius 3 is 1.04 bits per heavy atom. The zero-order valence-electron chi connectivity index (χ0n) is 28.7. The molecule has 0 heterocycles. The summed E-state index contributed by atoms with van der Waals surface area (Å²) in [5, 5.41) is 6.37. The van der Waals surface area contributed by atoms with Gasteiger partial charge in [-0.2, -0.15) is 0 Å². The van der Waals surface area contributed by atoms with Crippen molar-refractivity contribution in [3.8, 4) is 0 Å². The predicted molar refractivity (Wildman–Crippen MR) is 194 cm³/mol. The van der Waals surface area contributed by atoms with Crippen LogP contribution in [0, 0.1) is 0 Å². The predicted octanol–water partition coefficient (Wildman–Crippen LogP) is 0.595. The number of nitrogens with one attached hydrogen (secondary N) is 2. The summed E-state index contributed by atoms with van der Waals surface area (Å²) in [4.78, 5) is 3.53. The summed E-state index contributed by atoms with van der Waals surface area (Å²) in [5.74, 6) is 0. The molecule has 0 amide bonds. The zero-order chi connectivity index (χ0) is 37.1.